The summed E-state index contributed by atoms with van der Waals surface area (Å²) in [4.78, 5) is 30.4. The molecular weight excluding hydrogens is 458 g/mol. The molecule has 1 aliphatic heterocycles. The van der Waals surface area contributed by atoms with Crippen molar-refractivity contribution in [2.75, 3.05) is 18.0 Å². The molecule has 3 aromatic rings. The molecule has 5 rings (SSSR count). The molecule has 1 saturated heterocycles. The SMILES string of the molecule is N[C@@H]1CN(c2nc3c(cc2F)c(=O)c(C(=O)O)cn3C2CC2)C[C@H]1c1ccc(Cl)c(Cl)c1. The lowest BCUT2D eigenvalue weighted by molar-refractivity contribution is 0.0695. The van der Waals surface area contributed by atoms with E-state index in [1.807, 2.05) is 6.07 Å². The lowest BCUT2D eigenvalue weighted by Crippen LogP contribution is -2.29. The molecule has 2 aromatic heterocycles. The fourth-order valence-electron chi connectivity index (χ4n) is 4.34. The van der Waals surface area contributed by atoms with Gasteiger partial charge in [0.05, 0.1) is 15.4 Å². The van der Waals surface area contributed by atoms with Gasteiger partial charge in [0, 0.05) is 37.3 Å². The van der Waals surface area contributed by atoms with Crippen LogP contribution in [0.5, 0.6) is 0 Å². The van der Waals surface area contributed by atoms with Gasteiger partial charge in [-0.3, -0.25) is 4.79 Å². The number of benzene rings is 1. The van der Waals surface area contributed by atoms with E-state index < -0.39 is 17.2 Å². The Morgan fingerprint density at radius 1 is 1.19 bits per heavy atom. The van der Waals surface area contributed by atoms with Crippen molar-refractivity contribution in [1.82, 2.24) is 9.55 Å². The van der Waals surface area contributed by atoms with Crippen LogP contribution in [0.4, 0.5) is 10.2 Å². The van der Waals surface area contributed by atoms with Gasteiger partial charge in [-0.05, 0) is 36.6 Å². The molecule has 0 amide bonds. The Bertz CT molecular complexity index is 1320. The average Bonchev–Trinajstić information content (AvgIpc) is 3.52. The number of anilines is 1. The number of rotatable bonds is 4. The number of hydrogen-bond donors (Lipinski definition) is 2. The van der Waals surface area contributed by atoms with Crippen LogP contribution in [0.1, 0.15) is 40.7 Å². The number of carboxylic acids is 1. The molecule has 0 bridgehead atoms. The molecule has 3 heterocycles. The lowest BCUT2D eigenvalue weighted by atomic mass is 9.95. The van der Waals surface area contributed by atoms with E-state index >= 15 is 4.39 Å². The summed E-state index contributed by atoms with van der Waals surface area (Å²) in [6, 6.07) is 6.17. The van der Waals surface area contributed by atoms with E-state index in [0.29, 0.717) is 23.1 Å². The van der Waals surface area contributed by atoms with Gasteiger partial charge < -0.3 is 20.3 Å². The van der Waals surface area contributed by atoms with Gasteiger partial charge in [-0.15, -0.1) is 0 Å². The Morgan fingerprint density at radius 3 is 2.59 bits per heavy atom. The molecule has 166 valence electrons. The average molecular weight is 477 g/mol. The van der Waals surface area contributed by atoms with E-state index in [4.69, 9.17) is 28.9 Å². The monoisotopic (exact) mass is 476 g/mol. The second-order valence-electron chi connectivity index (χ2n) is 8.33. The normalized spacial score (nSPS) is 20.8. The van der Waals surface area contributed by atoms with Crippen LogP contribution in [0.2, 0.25) is 10.0 Å². The fraction of sp³-hybridized carbons (Fsp3) is 0.318. The first-order valence-corrected chi connectivity index (χ1v) is 10.9. The van der Waals surface area contributed by atoms with Crippen LogP contribution in [0.15, 0.2) is 35.3 Å². The van der Waals surface area contributed by atoms with Crippen LogP contribution in [0.25, 0.3) is 11.0 Å². The fourth-order valence-corrected chi connectivity index (χ4v) is 4.65. The van der Waals surface area contributed by atoms with Crippen molar-refractivity contribution in [2.24, 2.45) is 5.73 Å². The highest BCUT2D eigenvalue weighted by atomic mass is 35.5. The Hall–Kier alpha value is -2.68. The summed E-state index contributed by atoms with van der Waals surface area (Å²) in [6.45, 7) is 0.774. The highest BCUT2D eigenvalue weighted by Crippen LogP contribution is 2.38. The number of pyridine rings is 2. The third-order valence-electron chi connectivity index (χ3n) is 6.15. The molecule has 1 saturated carbocycles. The van der Waals surface area contributed by atoms with E-state index in [1.54, 1.807) is 21.6 Å². The number of halogens is 3. The van der Waals surface area contributed by atoms with Crippen molar-refractivity contribution in [3.63, 3.8) is 0 Å². The lowest BCUT2D eigenvalue weighted by Gasteiger charge is -2.20. The van der Waals surface area contributed by atoms with Crippen LogP contribution in [0.3, 0.4) is 0 Å². The van der Waals surface area contributed by atoms with Crippen LogP contribution >= 0.6 is 23.2 Å². The van der Waals surface area contributed by atoms with Gasteiger partial charge in [0.2, 0.25) is 5.43 Å². The van der Waals surface area contributed by atoms with E-state index in [0.717, 1.165) is 24.5 Å². The van der Waals surface area contributed by atoms with E-state index in [-0.39, 0.29) is 40.4 Å². The van der Waals surface area contributed by atoms with Crippen LogP contribution in [-0.2, 0) is 0 Å². The Morgan fingerprint density at radius 2 is 1.94 bits per heavy atom. The van der Waals surface area contributed by atoms with Gasteiger partial charge >= 0.3 is 5.97 Å². The molecule has 7 nitrogen and oxygen atoms in total. The first-order valence-electron chi connectivity index (χ1n) is 10.2. The minimum atomic E-state index is -1.34. The number of nitrogens with zero attached hydrogens (tertiary/aromatic N) is 3. The summed E-state index contributed by atoms with van der Waals surface area (Å²) in [5, 5.41) is 10.2. The van der Waals surface area contributed by atoms with Crippen molar-refractivity contribution in [2.45, 2.75) is 30.8 Å². The maximum atomic E-state index is 15.1. The molecule has 1 aromatic carbocycles. The largest absolute Gasteiger partial charge is 0.477 e. The number of nitrogens with two attached hydrogens (primary N) is 1. The van der Waals surface area contributed by atoms with Gasteiger partial charge in [-0.2, -0.15) is 0 Å². The minimum Gasteiger partial charge on any atom is -0.477 e. The number of aromatic nitrogens is 2. The van der Waals surface area contributed by atoms with Crippen LogP contribution in [-0.4, -0.2) is 39.8 Å². The molecule has 32 heavy (non-hydrogen) atoms. The summed E-state index contributed by atoms with van der Waals surface area (Å²) in [7, 11) is 0. The van der Waals surface area contributed by atoms with Gasteiger partial charge in [0.1, 0.15) is 11.2 Å². The Balaban J connectivity index is 1.57. The Kier molecular flexibility index (Phi) is 5.11. The van der Waals surface area contributed by atoms with Crippen molar-refractivity contribution >= 4 is 46.0 Å². The summed E-state index contributed by atoms with van der Waals surface area (Å²) in [5.41, 5.74) is 6.42. The number of hydrogen-bond acceptors (Lipinski definition) is 5. The summed E-state index contributed by atoms with van der Waals surface area (Å²) >= 11 is 12.2. The standard InChI is InChI=1S/C22H19Cl2FN4O3/c23-15-4-1-10(5-16(15)24)13-7-28(9-18(13)26)21-17(25)6-12-19(30)14(22(31)32)8-29(11-2-3-11)20(12)27-21/h1,4-6,8,11,13,18H,2-3,7,9,26H2,(H,31,32)/t13-,18+/m0/s1. The predicted molar refractivity (Wildman–Crippen MR) is 121 cm³/mol. The van der Waals surface area contributed by atoms with E-state index in [9.17, 15) is 14.7 Å². The molecule has 3 N–H and O–H groups in total. The summed E-state index contributed by atoms with van der Waals surface area (Å²) in [6.07, 6.45) is 3.01. The zero-order valence-corrected chi connectivity index (χ0v) is 18.3. The van der Waals surface area contributed by atoms with Gasteiger partial charge in [-0.25, -0.2) is 14.2 Å². The molecule has 0 spiro atoms. The second-order valence-corrected chi connectivity index (χ2v) is 9.14. The topological polar surface area (TPSA) is 101 Å². The van der Waals surface area contributed by atoms with Gasteiger partial charge in [0.15, 0.2) is 11.6 Å². The summed E-state index contributed by atoms with van der Waals surface area (Å²) in [5.74, 6) is -2.05. The van der Waals surface area contributed by atoms with Crippen LogP contribution in [0, 0.1) is 5.82 Å². The molecule has 2 aliphatic rings. The molecule has 2 fully saturated rings. The third-order valence-corrected chi connectivity index (χ3v) is 6.89. The maximum Gasteiger partial charge on any atom is 0.341 e. The zero-order valence-electron chi connectivity index (χ0n) is 16.8. The van der Waals surface area contributed by atoms with Crippen molar-refractivity contribution in [1.29, 1.82) is 0 Å². The van der Waals surface area contributed by atoms with Crippen molar-refractivity contribution in [3.05, 3.63) is 67.7 Å². The molecule has 0 radical (unpaired) electrons. The number of carbonyl (C=O) groups is 1. The Labute approximate surface area is 192 Å². The third kappa shape index (κ3) is 3.52. The highest BCUT2D eigenvalue weighted by Gasteiger charge is 2.35. The van der Waals surface area contributed by atoms with E-state index in [2.05, 4.69) is 4.98 Å². The smallest absolute Gasteiger partial charge is 0.341 e. The van der Waals surface area contributed by atoms with Crippen molar-refractivity contribution < 1.29 is 14.3 Å². The molecular formula is C22H19Cl2FN4O3. The highest BCUT2D eigenvalue weighted by molar-refractivity contribution is 6.42. The summed E-state index contributed by atoms with van der Waals surface area (Å²) < 4.78 is 16.8. The predicted octanol–water partition coefficient (Wildman–Crippen LogP) is 3.81. The minimum absolute atomic E-state index is 0.0393. The van der Waals surface area contributed by atoms with Gasteiger partial charge in [0.25, 0.3) is 0 Å². The van der Waals surface area contributed by atoms with Crippen LogP contribution < -0.4 is 16.1 Å². The maximum absolute atomic E-state index is 15.1. The van der Waals surface area contributed by atoms with Gasteiger partial charge in [-0.1, -0.05) is 29.3 Å². The second kappa shape index (κ2) is 7.72. The van der Waals surface area contributed by atoms with Crippen molar-refractivity contribution in [3.8, 4) is 0 Å². The molecule has 0 unspecified atom stereocenters. The zero-order chi connectivity index (χ0) is 22.7. The molecule has 1 aliphatic carbocycles. The molecule has 2 atom stereocenters. The number of fused-ring (bicyclic) bond motifs is 1. The first-order chi connectivity index (χ1) is 15.2. The first kappa shape index (κ1) is 21.2. The van der Waals surface area contributed by atoms with E-state index in [1.165, 1.54) is 6.20 Å². The molecule has 10 heteroatoms. The number of aromatic carboxylic acids is 1. The number of carboxylic acid groups (broad SMARTS) is 1. The quantitative estimate of drug-likeness (QED) is 0.593.